The number of hydrogen-bond acceptors (Lipinski definition) is 2. The van der Waals surface area contributed by atoms with Crippen LogP contribution in [0.25, 0.3) is 0 Å². The molecular formula is C11H20N2O3. The molecule has 1 aliphatic carbocycles. The zero-order valence-electron chi connectivity index (χ0n) is 10.1. The van der Waals surface area contributed by atoms with Crippen LogP contribution in [-0.2, 0) is 4.79 Å². The Morgan fingerprint density at radius 1 is 1.44 bits per heavy atom. The highest BCUT2D eigenvalue weighted by molar-refractivity contribution is 5.77. The average Bonchev–Trinajstić information content (AvgIpc) is 2.11. The molecule has 16 heavy (non-hydrogen) atoms. The number of nitrogens with one attached hydrogen (secondary N) is 1. The predicted octanol–water partition coefficient (Wildman–Crippen LogP) is 1.29. The standard InChI is InChI=1S/C11H20N2O3/c1-11(2,9(14)15)7-12-10(16)13(3)8-5-4-6-8/h8H,4-7H2,1-3H3,(H,12,16)(H,14,15). The lowest BCUT2D eigenvalue weighted by Crippen LogP contribution is -2.49. The van der Waals surface area contributed by atoms with E-state index in [9.17, 15) is 9.59 Å². The van der Waals surface area contributed by atoms with Gasteiger partial charge in [0.15, 0.2) is 0 Å². The van der Waals surface area contributed by atoms with Crippen molar-refractivity contribution in [3.05, 3.63) is 0 Å². The Morgan fingerprint density at radius 2 is 2.00 bits per heavy atom. The second-order valence-corrected chi connectivity index (χ2v) is 5.04. The van der Waals surface area contributed by atoms with Crippen LogP contribution in [0.15, 0.2) is 0 Å². The van der Waals surface area contributed by atoms with Crippen LogP contribution < -0.4 is 5.32 Å². The molecule has 1 aliphatic rings. The zero-order chi connectivity index (χ0) is 12.3. The van der Waals surface area contributed by atoms with E-state index in [4.69, 9.17) is 5.11 Å². The summed E-state index contributed by atoms with van der Waals surface area (Å²) >= 11 is 0. The fraction of sp³-hybridized carbons (Fsp3) is 0.818. The van der Waals surface area contributed by atoms with Gasteiger partial charge in [0.25, 0.3) is 0 Å². The molecule has 1 rings (SSSR count). The topological polar surface area (TPSA) is 69.6 Å². The summed E-state index contributed by atoms with van der Waals surface area (Å²) in [5, 5.41) is 11.6. The average molecular weight is 228 g/mol. The number of carboxylic acids is 1. The summed E-state index contributed by atoms with van der Waals surface area (Å²) in [4.78, 5) is 24.2. The molecule has 2 N–H and O–H groups in total. The Bertz CT molecular complexity index is 285. The van der Waals surface area contributed by atoms with Crippen molar-refractivity contribution in [2.24, 2.45) is 5.41 Å². The van der Waals surface area contributed by atoms with Crippen LogP contribution in [-0.4, -0.2) is 41.6 Å². The lowest BCUT2D eigenvalue weighted by molar-refractivity contribution is -0.146. The first-order chi connectivity index (χ1) is 7.34. The fourth-order valence-corrected chi connectivity index (χ4v) is 1.44. The van der Waals surface area contributed by atoms with E-state index >= 15 is 0 Å². The number of aliphatic carboxylic acids is 1. The largest absolute Gasteiger partial charge is 0.481 e. The summed E-state index contributed by atoms with van der Waals surface area (Å²) in [5.41, 5.74) is -0.921. The Balaban J connectivity index is 2.37. The van der Waals surface area contributed by atoms with Crippen molar-refractivity contribution >= 4 is 12.0 Å². The van der Waals surface area contributed by atoms with Crippen LogP contribution in [0.5, 0.6) is 0 Å². The number of amides is 2. The third kappa shape index (κ3) is 2.87. The Hall–Kier alpha value is -1.26. The van der Waals surface area contributed by atoms with E-state index in [-0.39, 0.29) is 12.6 Å². The zero-order valence-corrected chi connectivity index (χ0v) is 10.1. The van der Waals surface area contributed by atoms with Crippen molar-refractivity contribution in [3.8, 4) is 0 Å². The maximum Gasteiger partial charge on any atom is 0.317 e. The van der Waals surface area contributed by atoms with Crippen LogP contribution in [0.1, 0.15) is 33.1 Å². The van der Waals surface area contributed by atoms with Gasteiger partial charge >= 0.3 is 12.0 Å². The van der Waals surface area contributed by atoms with Crippen LogP contribution in [0.3, 0.4) is 0 Å². The van der Waals surface area contributed by atoms with Crippen LogP contribution in [0.2, 0.25) is 0 Å². The maximum atomic E-state index is 11.7. The van der Waals surface area contributed by atoms with E-state index in [1.807, 2.05) is 0 Å². The van der Waals surface area contributed by atoms with Crippen LogP contribution in [0.4, 0.5) is 4.79 Å². The van der Waals surface area contributed by atoms with E-state index in [1.165, 1.54) is 6.42 Å². The fourth-order valence-electron chi connectivity index (χ4n) is 1.44. The quantitative estimate of drug-likeness (QED) is 0.761. The molecule has 0 atom stereocenters. The van der Waals surface area contributed by atoms with Crippen molar-refractivity contribution < 1.29 is 14.7 Å². The summed E-state index contributed by atoms with van der Waals surface area (Å²) in [7, 11) is 1.76. The van der Waals surface area contributed by atoms with Gasteiger partial charge in [0.05, 0.1) is 5.41 Å². The highest BCUT2D eigenvalue weighted by atomic mass is 16.4. The predicted molar refractivity (Wildman–Crippen MR) is 60.2 cm³/mol. The molecule has 5 nitrogen and oxygen atoms in total. The van der Waals surface area contributed by atoms with Gasteiger partial charge in [0, 0.05) is 19.6 Å². The van der Waals surface area contributed by atoms with E-state index in [0.717, 1.165) is 12.8 Å². The summed E-state index contributed by atoms with van der Waals surface area (Å²) in [5.74, 6) is -0.904. The molecule has 0 aromatic rings. The van der Waals surface area contributed by atoms with Crippen molar-refractivity contribution in [3.63, 3.8) is 0 Å². The van der Waals surface area contributed by atoms with Crippen molar-refractivity contribution in [2.75, 3.05) is 13.6 Å². The van der Waals surface area contributed by atoms with Crippen LogP contribution >= 0.6 is 0 Å². The molecule has 0 unspecified atom stereocenters. The molecule has 2 amide bonds. The first-order valence-electron chi connectivity index (χ1n) is 5.58. The minimum Gasteiger partial charge on any atom is -0.481 e. The molecule has 0 aromatic heterocycles. The van der Waals surface area contributed by atoms with E-state index in [1.54, 1.807) is 25.8 Å². The van der Waals surface area contributed by atoms with Crippen molar-refractivity contribution in [1.29, 1.82) is 0 Å². The first kappa shape index (κ1) is 12.8. The normalized spacial score (nSPS) is 16.4. The number of rotatable bonds is 4. The lowest BCUT2D eigenvalue weighted by Gasteiger charge is -2.35. The first-order valence-corrected chi connectivity index (χ1v) is 5.58. The van der Waals surface area contributed by atoms with Gasteiger partial charge in [-0.15, -0.1) is 0 Å². The second-order valence-electron chi connectivity index (χ2n) is 5.04. The maximum absolute atomic E-state index is 11.7. The Kier molecular flexibility index (Phi) is 3.78. The van der Waals surface area contributed by atoms with Gasteiger partial charge in [0.1, 0.15) is 0 Å². The Labute approximate surface area is 95.8 Å². The monoisotopic (exact) mass is 228 g/mol. The van der Waals surface area contributed by atoms with Crippen LogP contribution in [0, 0.1) is 5.41 Å². The third-order valence-electron chi connectivity index (χ3n) is 3.20. The van der Waals surface area contributed by atoms with Crippen molar-refractivity contribution in [2.45, 2.75) is 39.2 Å². The summed E-state index contributed by atoms with van der Waals surface area (Å²) < 4.78 is 0. The van der Waals surface area contributed by atoms with Gasteiger partial charge in [-0.05, 0) is 33.1 Å². The lowest BCUT2D eigenvalue weighted by atomic mass is 9.92. The molecule has 1 saturated carbocycles. The minimum absolute atomic E-state index is 0.151. The number of urea groups is 1. The number of nitrogens with zero attached hydrogens (tertiary/aromatic N) is 1. The Morgan fingerprint density at radius 3 is 2.38 bits per heavy atom. The summed E-state index contributed by atoms with van der Waals surface area (Å²) in [6.07, 6.45) is 3.27. The molecule has 0 aromatic carbocycles. The smallest absolute Gasteiger partial charge is 0.317 e. The van der Waals surface area contributed by atoms with Crippen molar-refractivity contribution in [1.82, 2.24) is 10.2 Å². The molecule has 0 bridgehead atoms. The SMILES string of the molecule is CN(C(=O)NCC(C)(C)C(=O)O)C1CCC1. The number of hydrogen-bond donors (Lipinski definition) is 2. The van der Waals surface area contributed by atoms with Gasteiger partial charge in [0.2, 0.25) is 0 Å². The molecule has 0 saturated heterocycles. The number of carbonyl (C=O) groups excluding carboxylic acids is 1. The number of carbonyl (C=O) groups is 2. The molecular weight excluding hydrogens is 208 g/mol. The number of carboxylic acid groups (broad SMARTS) is 1. The minimum atomic E-state index is -0.921. The molecule has 92 valence electrons. The molecule has 0 radical (unpaired) electrons. The van der Waals surface area contributed by atoms with Gasteiger partial charge in [-0.25, -0.2) is 4.79 Å². The highest BCUT2D eigenvalue weighted by Crippen LogP contribution is 2.23. The highest BCUT2D eigenvalue weighted by Gasteiger charge is 2.30. The molecule has 0 heterocycles. The molecule has 0 aliphatic heterocycles. The third-order valence-corrected chi connectivity index (χ3v) is 3.20. The second kappa shape index (κ2) is 4.72. The van der Waals surface area contributed by atoms with Gasteiger partial charge in [-0.3, -0.25) is 4.79 Å². The molecule has 0 spiro atoms. The van der Waals surface area contributed by atoms with Gasteiger partial charge in [-0.2, -0.15) is 0 Å². The summed E-state index contributed by atoms with van der Waals surface area (Å²) in [6.45, 7) is 3.34. The van der Waals surface area contributed by atoms with E-state index < -0.39 is 11.4 Å². The molecule has 5 heteroatoms. The summed E-state index contributed by atoms with van der Waals surface area (Å²) in [6, 6.07) is 0.145. The van der Waals surface area contributed by atoms with E-state index in [0.29, 0.717) is 6.04 Å². The van der Waals surface area contributed by atoms with E-state index in [2.05, 4.69) is 5.32 Å². The van der Waals surface area contributed by atoms with Gasteiger partial charge in [-0.1, -0.05) is 0 Å². The van der Waals surface area contributed by atoms with Gasteiger partial charge < -0.3 is 15.3 Å². The molecule has 1 fully saturated rings.